The van der Waals surface area contributed by atoms with Crippen LogP contribution in [0.3, 0.4) is 0 Å². The molecule has 0 bridgehead atoms. The van der Waals surface area contributed by atoms with E-state index in [-0.39, 0.29) is 0 Å². The lowest BCUT2D eigenvalue weighted by atomic mass is 9.97. The van der Waals surface area contributed by atoms with Gasteiger partial charge in [0.15, 0.2) is 0 Å². The second-order valence-corrected chi connectivity index (χ2v) is 5.20. The van der Waals surface area contributed by atoms with Crippen molar-refractivity contribution >= 4 is 0 Å². The van der Waals surface area contributed by atoms with E-state index >= 15 is 0 Å². The highest BCUT2D eigenvalue weighted by molar-refractivity contribution is 4.79. The number of nitrogens with zero attached hydrogens (tertiary/aromatic N) is 1. The van der Waals surface area contributed by atoms with Gasteiger partial charge in [-0.25, -0.2) is 0 Å². The van der Waals surface area contributed by atoms with Gasteiger partial charge in [-0.05, 0) is 38.3 Å². The summed E-state index contributed by atoms with van der Waals surface area (Å²) in [5, 5.41) is 3.43. The third kappa shape index (κ3) is 4.21. The molecule has 100 valence electrons. The monoisotopic (exact) mass is 242 g/mol. The molecular weight excluding hydrogens is 216 g/mol. The summed E-state index contributed by atoms with van der Waals surface area (Å²) in [6.45, 7) is 7.32. The van der Waals surface area contributed by atoms with Gasteiger partial charge in [0, 0.05) is 32.8 Å². The zero-order valence-corrected chi connectivity index (χ0v) is 11.0. The van der Waals surface area contributed by atoms with Gasteiger partial charge in [-0.2, -0.15) is 0 Å². The maximum Gasteiger partial charge on any atom is 0.0622 e. The molecule has 0 saturated carbocycles. The fourth-order valence-corrected chi connectivity index (χ4v) is 2.84. The summed E-state index contributed by atoms with van der Waals surface area (Å²) in [4.78, 5) is 2.59. The quantitative estimate of drug-likeness (QED) is 0.744. The van der Waals surface area contributed by atoms with Crippen LogP contribution in [0.5, 0.6) is 0 Å². The Labute approximate surface area is 105 Å². The van der Waals surface area contributed by atoms with Crippen molar-refractivity contribution in [2.75, 3.05) is 53.1 Å². The van der Waals surface area contributed by atoms with Gasteiger partial charge in [0.25, 0.3) is 0 Å². The van der Waals surface area contributed by atoms with E-state index in [2.05, 4.69) is 10.2 Å². The van der Waals surface area contributed by atoms with Crippen LogP contribution in [0.15, 0.2) is 0 Å². The Balaban J connectivity index is 1.80. The van der Waals surface area contributed by atoms with Crippen molar-refractivity contribution in [2.24, 2.45) is 5.92 Å². The fraction of sp³-hybridized carbons (Fsp3) is 1.00. The van der Waals surface area contributed by atoms with Crippen LogP contribution in [0.1, 0.15) is 19.3 Å². The second-order valence-electron chi connectivity index (χ2n) is 5.20. The lowest BCUT2D eigenvalue weighted by Crippen LogP contribution is -2.43. The molecule has 0 spiro atoms. The van der Waals surface area contributed by atoms with E-state index < -0.39 is 0 Å². The van der Waals surface area contributed by atoms with Crippen LogP contribution in [0, 0.1) is 5.92 Å². The van der Waals surface area contributed by atoms with E-state index in [1.54, 1.807) is 7.11 Å². The lowest BCUT2D eigenvalue weighted by molar-refractivity contribution is 0.0883. The molecule has 2 aliphatic heterocycles. The Morgan fingerprint density at radius 2 is 2.12 bits per heavy atom. The minimum absolute atomic E-state index is 0.625. The zero-order chi connectivity index (χ0) is 11.9. The third-order valence-electron chi connectivity index (χ3n) is 3.96. The summed E-state index contributed by atoms with van der Waals surface area (Å²) < 4.78 is 10.7. The van der Waals surface area contributed by atoms with E-state index in [0.29, 0.717) is 6.04 Å². The molecule has 17 heavy (non-hydrogen) atoms. The van der Waals surface area contributed by atoms with Crippen LogP contribution < -0.4 is 5.32 Å². The Morgan fingerprint density at radius 1 is 1.29 bits per heavy atom. The number of ether oxygens (including phenoxy) is 2. The molecule has 0 aromatic heterocycles. The molecular formula is C13H26N2O2. The van der Waals surface area contributed by atoms with E-state index in [0.717, 1.165) is 32.3 Å². The topological polar surface area (TPSA) is 33.7 Å². The van der Waals surface area contributed by atoms with Crippen molar-refractivity contribution in [1.82, 2.24) is 10.2 Å². The largest absolute Gasteiger partial charge is 0.383 e. The molecule has 1 atom stereocenters. The third-order valence-corrected chi connectivity index (χ3v) is 3.96. The van der Waals surface area contributed by atoms with Gasteiger partial charge in [-0.1, -0.05) is 0 Å². The number of methoxy groups -OCH3 is 1. The number of hydrogen-bond donors (Lipinski definition) is 1. The van der Waals surface area contributed by atoms with Gasteiger partial charge in [0.2, 0.25) is 0 Å². The first kappa shape index (κ1) is 13.3. The van der Waals surface area contributed by atoms with Gasteiger partial charge in [-0.15, -0.1) is 0 Å². The summed E-state index contributed by atoms with van der Waals surface area (Å²) in [7, 11) is 1.79. The van der Waals surface area contributed by atoms with Gasteiger partial charge in [0.1, 0.15) is 0 Å². The summed E-state index contributed by atoms with van der Waals surface area (Å²) in [5.74, 6) is 0.855. The van der Waals surface area contributed by atoms with Crippen molar-refractivity contribution in [3.05, 3.63) is 0 Å². The molecule has 2 saturated heterocycles. The normalized spacial score (nSPS) is 26.8. The van der Waals surface area contributed by atoms with E-state index in [1.807, 2.05) is 0 Å². The number of nitrogens with one attached hydrogen (secondary N) is 1. The Hall–Kier alpha value is -0.160. The van der Waals surface area contributed by atoms with Crippen molar-refractivity contribution in [1.29, 1.82) is 0 Å². The summed E-state index contributed by atoms with van der Waals surface area (Å²) in [6, 6.07) is 0.625. The SMILES string of the molecule is COCCN(CC1CCNCC1)C1CCOC1. The van der Waals surface area contributed by atoms with Crippen LogP contribution in [-0.2, 0) is 9.47 Å². The molecule has 0 aromatic rings. The second kappa shape index (κ2) is 7.31. The molecule has 0 amide bonds. The van der Waals surface area contributed by atoms with Crippen molar-refractivity contribution < 1.29 is 9.47 Å². The molecule has 0 aliphatic carbocycles. The predicted molar refractivity (Wildman–Crippen MR) is 68.3 cm³/mol. The van der Waals surface area contributed by atoms with E-state index in [4.69, 9.17) is 9.47 Å². The van der Waals surface area contributed by atoms with Crippen molar-refractivity contribution in [2.45, 2.75) is 25.3 Å². The summed E-state index contributed by atoms with van der Waals surface area (Å²) in [6.07, 6.45) is 3.82. The van der Waals surface area contributed by atoms with E-state index in [1.165, 1.54) is 38.9 Å². The van der Waals surface area contributed by atoms with Gasteiger partial charge in [0.05, 0.1) is 13.2 Å². The van der Waals surface area contributed by atoms with Gasteiger partial charge in [-0.3, -0.25) is 4.90 Å². The smallest absolute Gasteiger partial charge is 0.0622 e. The van der Waals surface area contributed by atoms with Crippen molar-refractivity contribution in [3.63, 3.8) is 0 Å². The molecule has 1 unspecified atom stereocenters. The lowest BCUT2D eigenvalue weighted by Gasteiger charge is -2.33. The highest BCUT2D eigenvalue weighted by Crippen LogP contribution is 2.18. The van der Waals surface area contributed by atoms with Crippen LogP contribution in [0.25, 0.3) is 0 Å². The maximum absolute atomic E-state index is 5.51. The first-order valence-corrected chi connectivity index (χ1v) is 6.91. The molecule has 4 heteroatoms. The minimum atomic E-state index is 0.625. The Bertz CT molecular complexity index is 202. The van der Waals surface area contributed by atoms with Gasteiger partial charge < -0.3 is 14.8 Å². The number of piperidine rings is 1. The maximum atomic E-state index is 5.51. The Kier molecular flexibility index (Phi) is 5.71. The molecule has 1 N–H and O–H groups in total. The van der Waals surface area contributed by atoms with E-state index in [9.17, 15) is 0 Å². The van der Waals surface area contributed by atoms with Crippen LogP contribution in [0.4, 0.5) is 0 Å². The average Bonchev–Trinajstić information content (AvgIpc) is 2.89. The van der Waals surface area contributed by atoms with Crippen LogP contribution in [0.2, 0.25) is 0 Å². The van der Waals surface area contributed by atoms with Gasteiger partial charge >= 0.3 is 0 Å². The molecule has 0 aromatic carbocycles. The summed E-state index contributed by atoms with van der Waals surface area (Å²) in [5.41, 5.74) is 0. The van der Waals surface area contributed by atoms with Crippen molar-refractivity contribution in [3.8, 4) is 0 Å². The molecule has 2 heterocycles. The first-order valence-electron chi connectivity index (χ1n) is 6.91. The average molecular weight is 242 g/mol. The van der Waals surface area contributed by atoms with Crippen LogP contribution in [-0.4, -0.2) is 64.1 Å². The molecule has 2 rings (SSSR count). The fourth-order valence-electron chi connectivity index (χ4n) is 2.84. The first-order chi connectivity index (χ1) is 8.40. The summed E-state index contributed by atoms with van der Waals surface area (Å²) >= 11 is 0. The highest BCUT2D eigenvalue weighted by Gasteiger charge is 2.25. The number of rotatable bonds is 6. The molecule has 0 radical (unpaired) electrons. The zero-order valence-electron chi connectivity index (χ0n) is 11.0. The predicted octanol–water partition coefficient (Wildman–Crippen LogP) is 0.723. The number of hydrogen-bond acceptors (Lipinski definition) is 4. The highest BCUT2D eigenvalue weighted by atomic mass is 16.5. The standard InChI is InChI=1S/C13H26N2O2/c1-16-9-7-15(13-4-8-17-11-13)10-12-2-5-14-6-3-12/h12-14H,2-11H2,1H3. The molecule has 2 fully saturated rings. The Morgan fingerprint density at radius 3 is 2.76 bits per heavy atom. The molecule has 2 aliphatic rings. The molecule has 4 nitrogen and oxygen atoms in total. The van der Waals surface area contributed by atoms with Crippen LogP contribution >= 0.6 is 0 Å². The minimum Gasteiger partial charge on any atom is -0.383 e.